The lowest BCUT2D eigenvalue weighted by atomic mass is 9.96. The molecule has 1 aromatic carbocycles. The van der Waals surface area contributed by atoms with Crippen molar-refractivity contribution in [1.82, 2.24) is 5.32 Å². The fourth-order valence-electron chi connectivity index (χ4n) is 2.43. The van der Waals surface area contributed by atoms with Crippen molar-refractivity contribution in [2.45, 2.75) is 26.3 Å². The lowest BCUT2D eigenvalue weighted by Crippen LogP contribution is -2.27. The largest absolute Gasteiger partial charge is 0.459 e. The van der Waals surface area contributed by atoms with Crippen LogP contribution in [-0.4, -0.2) is 20.3 Å². The fourth-order valence-corrected chi connectivity index (χ4v) is 2.43. The predicted molar refractivity (Wildman–Crippen MR) is 78.3 cm³/mol. The molecule has 0 saturated carbocycles. The summed E-state index contributed by atoms with van der Waals surface area (Å²) in [6.45, 7) is 6.07. The van der Waals surface area contributed by atoms with Crippen molar-refractivity contribution in [2.75, 3.05) is 20.3 Å². The van der Waals surface area contributed by atoms with E-state index in [9.17, 15) is 0 Å². The third-order valence-electron chi connectivity index (χ3n) is 3.52. The lowest BCUT2D eigenvalue weighted by Gasteiger charge is -2.22. The Bertz CT molecular complexity index is 473. The lowest BCUT2D eigenvalue weighted by molar-refractivity contribution is 0.167. The zero-order valence-electron chi connectivity index (χ0n) is 12.0. The molecule has 0 radical (unpaired) electrons. The van der Waals surface area contributed by atoms with Gasteiger partial charge in [-0.3, -0.25) is 0 Å². The first kappa shape index (κ1) is 14.1. The van der Waals surface area contributed by atoms with Gasteiger partial charge in [-0.15, -0.1) is 0 Å². The van der Waals surface area contributed by atoms with Crippen LogP contribution >= 0.6 is 0 Å². The van der Waals surface area contributed by atoms with E-state index in [1.54, 1.807) is 7.11 Å². The van der Waals surface area contributed by atoms with Gasteiger partial charge in [0, 0.05) is 19.1 Å². The van der Waals surface area contributed by atoms with Crippen LogP contribution in [0, 0.1) is 5.92 Å². The highest BCUT2D eigenvalue weighted by Gasteiger charge is 2.21. The zero-order chi connectivity index (χ0) is 13.7. The normalized spacial score (nSPS) is 14.7. The molecule has 0 spiro atoms. The van der Waals surface area contributed by atoms with Gasteiger partial charge in [0.25, 0.3) is 0 Å². The molecule has 19 heavy (non-hydrogen) atoms. The monoisotopic (exact) mass is 261 g/mol. The Morgan fingerprint density at radius 3 is 2.79 bits per heavy atom. The molecule has 0 aliphatic rings. The molecule has 3 heteroatoms. The van der Waals surface area contributed by atoms with Crippen molar-refractivity contribution in [3.63, 3.8) is 0 Å². The van der Waals surface area contributed by atoms with Crippen LogP contribution in [0.15, 0.2) is 34.7 Å². The van der Waals surface area contributed by atoms with E-state index in [0.29, 0.717) is 5.92 Å². The van der Waals surface area contributed by atoms with Gasteiger partial charge in [-0.05, 0) is 31.0 Å². The van der Waals surface area contributed by atoms with E-state index in [-0.39, 0.29) is 6.04 Å². The molecular weight excluding hydrogens is 238 g/mol. The maximum absolute atomic E-state index is 5.98. The van der Waals surface area contributed by atoms with E-state index in [1.165, 1.54) is 5.39 Å². The summed E-state index contributed by atoms with van der Waals surface area (Å²) >= 11 is 0. The minimum absolute atomic E-state index is 0.243. The number of fused-ring (bicyclic) bond motifs is 1. The van der Waals surface area contributed by atoms with Crippen LogP contribution < -0.4 is 5.32 Å². The molecule has 104 valence electrons. The van der Waals surface area contributed by atoms with Crippen LogP contribution in [0.4, 0.5) is 0 Å². The average Bonchev–Trinajstić information content (AvgIpc) is 2.85. The first-order chi connectivity index (χ1) is 9.26. The first-order valence-electron chi connectivity index (χ1n) is 6.97. The number of para-hydroxylation sites is 1. The molecule has 2 atom stereocenters. The van der Waals surface area contributed by atoms with Crippen molar-refractivity contribution in [1.29, 1.82) is 0 Å². The Hall–Kier alpha value is -1.32. The van der Waals surface area contributed by atoms with Crippen molar-refractivity contribution >= 4 is 11.0 Å². The van der Waals surface area contributed by atoms with Crippen LogP contribution in [0.2, 0.25) is 0 Å². The van der Waals surface area contributed by atoms with Gasteiger partial charge in [0.15, 0.2) is 0 Å². The Kier molecular flexibility index (Phi) is 5.00. The van der Waals surface area contributed by atoms with Gasteiger partial charge in [-0.2, -0.15) is 0 Å². The molecule has 3 nitrogen and oxygen atoms in total. The highest BCUT2D eigenvalue weighted by molar-refractivity contribution is 5.77. The van der Waals surface area contributed by atoms with Gasteiger partial charge in [0.05, 0.1) is 6.04 Å². The molecule has 0 aliphatic heterocycles. The Morgan fingerprint density at radius 2 is 2.11 bits per heavy atom. The molecule has 0 saturated heterocycles. The van der Waals surface area contributed by atoms with Crippen molar-refractivity contribution in [3.05, 3.63) is 36.1 Å². The average molecular weight is 261 g/mol. The SMILES string of the molecule is CCNC(c1cc2ccccc2o1)C(C)CCOC. The molecule has 2 unspecified atom stereocenters. The summed E-state index contributed by atoms with van der Waals surface area (Å²) in [7, 11) is 1.75. The van der Waals surface area contributed by atoms with Crippen LogP contribution in [0.1, 0.15) is 32.1 Å². The maximum atomic E-state index is 5.98. The van der Waals surface area contributed by atoms with Gasteiger partial charge in [0.2, 0.25) is 0 Å². The number of methoxy groups -OCH3 is 1. The third-order valence-corrected chi connectivity index (χ3v) is 3.52. The minimum atomic E-state index is 0.243. The highest BCUT2D eigenvalue weighted by atomic mass is 16.5. The van der Waals surface area contributed by atoms with Gasteiger partial charge >= 0.3 is 0 Å². The second kappa shape index (κ2) is 6.73. The van der Waals surface area contributed by atoms with Gasteiger partial charge < -0.3 is 14.5 Å². The van der Waals surface area contributed by atoms with E-state index in [4.69, 9.17) is 9.15 Å². The van der Waals surface area contributed by atoms with E-state index < -0.39 is 0 Å². The Balaban J connectivity index is 2.21. The van der Waals surface area contributed by atoms with Crippen molar-refractivity contribution in [3.8, 4) is 0 Å². The molecule has 2 rings (SSSR count). The summed E-state index contributed by atoms with van der Waals surface area (Å²) in [6.07, 6.45) is 1.02. The summed E-state index contributed by atoms with van der Waals surface area (Å²) in [6, 6.07) is 10.5. The van der Waals surface area contributed by atoms with Gasteiger partial charge in [0.1, 0.15) is 11.3 Å². The molecule has 0 amide bonds. The van der Waals surface area contributed by atoms with Crippen molar-refractivity contribution in [2.24, 2.45) is 5.92 Å². The smallest absolute Gasteiger partial charge is 0.134 e. The first-order valence-corrected chi connectivity index (χ1v) is 6.97. The number of furan rings is 1. The van der Waals surface area contributed by atoms with E-state index >= 15 is 0 Å². The Morgan fingerprint density at radius 1 is 1.32 bits per heavy atom. The van der Waals surface area contributed by atoms with Crippen LogP contribution in [-0.2, 0) is 4.74 Å². The summed E-state index contributed by atoms with van der Waals surface area (Å²) in [5, 5.41) is 4.69. The molecule has 0 fully saturated rings. The maximum Gasteiger partial charge on any atom is 0.134 e. The fraction of sp³-hybridized carbons (Fsp3) is 0.500. The van der Waals surface area contributed by atoms with Crippen LogP contribution in [0.3, 0.4) is 0 Å². The number of benzene rings is 1. The number of ether oxygens (including phenoxy) is 1. The summed E-state index contributed by atoms with van der Waals surface area (Å²) in [5.74, 6) is 1.49. The van der Waals surface area contributed by atoms with Gasteiger partial charge in [-0.1, -0.05) is 32.0 Å². The molecule has 1 aromatic heterocycles. The summed E-state index contributed by atoms with van der Waals surface area (Å²) < 4.78 is 11.2. The summed E-state index contributed by atoms with van der Waals surface area (Å²) in [5.41, 5.74) is 0.958. The second-order valence-corrected chi connectivity index (χ2v) is 4.98. The topological polar surface area (TPSA) is 34.4 Å². The Labute approximate surface area is 114 Å². The second-order valence-electron chi connectivity index (χ2n) is 4.98. The predicted octanol–water partition coefficient (Wildman–Crippen LogP) is 3.76. The molecule has 0 bridgehead atoms. The quantitative estimate of drug-likeness (QED) is 0.824. The van der Waals surface area contributed by atoms with Gasteiger partial charge in [-0.25, -0.2) is 0 Å². The van der Waals surface area contributed by atoms with E-state index in [1.807, 2.05) is 18.2 Å². The molecule has 0 aliphatic carbocycles. The molecular formula is C16H23NO2. The number of hydrogen-bond acceptors (Lipinski definition) is 3. The highest BCUT2D eigenvalue weighted by Crippen LogP contribution is 2.29. The number of rotatable bonds is 7. The molecule has 2 aromatic rings. The zero-order valence-corrected chi connectivity index (χ0v) is 12.0. The number of hydrogen-bond donors (Lipinski definition) is 1. The summed E-state index contributed by atoms with van der Waals surface area (Å²) in [4.78, 5) is 0. The minimum Gasteiger partial charge on any atom is -0.459 e. The molecule has 1 heterocycles. The standard InChI is InChI=1S/C16H23NO2/c1-4-17-16(12(2)9-10-18-3)15-11-13-7-5-6-8-14(13)19-15/h5-8,11-12,16-17H,4,9-10H2,1-3H3. The van der Waals surface area contributed by atoms with E-state index in [2.05, 4.69) is 31.3 Å². The van der Waals surface area contributed by atoms with Crippen LogP contribution in [0.5, 0.6) is 0 Å². The van der Waals surface area contributed by atoms with Crippen molar-refractivity contribution < 1.29 is 9.15 Å². The number of nitrogens with one attached hydrogen (secondary N) is 1. The third kappa shape index (κ3) is 3.37. The van der Waals surface area contributed by atoms with Crippen LogP contribution in [0.25, 0.3) is 11.0 Å². The van der Waals surface area contributed by atoms with E-state index in [0.717, 1.165) is 30.9 Å². The molecule has 1 N–H and O–H groups in total.